The molecule has 1 aliphatic heterocycles. The third-order valence-corrected chi connectivity index (χ3v) is 7.91. The Bertz CT molecular complexity index is 1260. The molecule has 0 amide bonds. The van der Waals surface area contributed by atoms with Crippen molar-refractivity contribution in [3.8, 4) is 0 Å². The lowest BCUT2D eigenvalue weighted by molar-refractivity contribution is 0.371. The molecule has 0 N–H and O–H groups in total. The summed E-state index contributed by atoms with van der Waals surface area (Å²) in [6.07, 6.45) is 2.72. The summed E-state index contributed by atoms with van der Waals surface area (Å²) in [5.74, 6) is 0.733. The molecule has 166 valence electrons. The molecule has 0 saturated heterocycles. The van der Waals surface area contributed by atoms with Crippen molar-refractivity contribution in [1.82, 2.24) is 13.9 Å². The molecule has 1 aliphatic rings. The predicted molar refractivity (Wildman–Crippen MR) is 128 cm³/mol. The van der Waals surface area contributed by atoms with Gasteiger partial charge in [0.05, 0.1) is 33.5 Å². The van der Waals surface area contributed by atoms with Crippen LogP contribution in [0.15, 0.2) is 30.3 Å². The lowest BCUT2D eigenvalue weighted by atomic mass is 10.0. The van der Waals surface area contributed by atoms with Crippen LogP contribution in [0, 0.1) is 0 Å². The van der Waals surface area contributed by atoms with E-state index in [0.717, 1.165) is 42.2 Å². The van der Waals surface area contributed by atoms with Gasteiger partial charge in [0.15, 0.2) is 0 Å². The van der Waals surface area contributed by atoms with E-state index in [-0.39, 0.29) is 6.04 Å². The zero-order chi connectivity index (χ0) is 22.5. The molecule has 31 heavy (non-hydrogen) atoms. The van der Waals surface area contributed by atoms with Gasteiger partial charge in [0.2, 0.25) is 16.0 Å². The molecular formula is C21H23Cl3N4O2S. The topological polar surface area (TPSA) is 58.4 Å². The summed E-state index contributed by atoms with van der Waals surface area (Å²) in [6, 6.07) is 8.77. The minimum atomic E-state index is -3.38. The molecule has 1 atom stereocenters. The monoisotopic (exact) mass is 500 g/mol. The zero-order valence-corrected chi connectivity index (χ0v) is 20.5. The SMILES string of the molecule is CCC(c1ccc(Cl)c2nc3n(c12)CCCN3c1ccc(Cl)cc1Cl)N(C)S(C)(=O)=O. The Morgan fingerprint density at radius 1 is 1.13 bits per heavy atom. The molecular weight excluding hydrogens is 479 g/mol. The highest BCUT2D eigenvalue weighted by molar-refractivity contribution is 7.88. The predicted octanol–water partition coefficient (Wildman–Crippen LogP) is 5.88. The van der Waals surface area contributed by atoms with Crippen LogP contribution in [0.1, 0.15) is 31.4 Å². The molecule has 0 aliphatic carbocycles. The zero-order valence-electron chi connectivity index (χ0n) is 17.4. The van der Waals surface area contributed by atoms with Gasteiger partial charge in [-0.2, -0.15) is 4.31 Å². The minimum absolute atomic E-state index is 0.329. The van der Waals surface area contributed by atoms with Gasteiger partial charge in [-0.25, -0.2) is 13.4 Å². The molecule has 2 aromatic carbocycles. The first-order valence-corrected chi connectivity index (χ1v) is 13.0. The van der Waals surface area contributed by atoms with Crippen molar-refractivity contribution >= 4 is 67.5 Å². The maximum absolute atomic E-state index is 12.3. The summed E-state index contributed by atoms with van der Waals surface area (Å²) >= 11 is 19.1. The van der Waals surface area contributed by atoms with Crippen LogP contribution in [0.2, 0.25) is 15.1 Å². The van der Waals surface area contributed by atoms with E-state index in [1.165, 1.54) is 10.6 Å². The van der Waals surface area contributed by atoms with E-state index in [2.05, 4.69) is 9.47 Å². The summed E-state index contributed by atoms with van der Waals surface area (Å²) in [4.78, 5) is 6.93. The van der Waals surface area contributed by atoms with E-state index in [9.17, 15) is 8.42 Å². The molecule has 0 radical (unpaired) electrons. The van der Waals surface area contributed by atoms with Crippen LogP contribution >= 0.6 is 34.8 Å². The van der Waals surface area contributed by atoms with Gasteiger partial charge >= 0.3 is 0 Å². The second kappa shape index (κ2) is 8.45. The number of hydrogen-bond donors (Lipinski definition) is 0. The molecule has 0 bridgehead atoms. The third-order valence-electron chi connectivity index (χ3n) is 5.77. The molecule has 1 unspecified atom stereocenters. The Kier molecular flexibility index (Phi) is 6.18. The van der Waals surface area contributed by atoms with Crippen molar-refractivity contribution in [2.24, 2.45) is 0 Å². The van der Waals surface area contributed by atoms with Gasteiger partial charge in [-0.15, -0.1) is 0 Å². The van der Waals surface area contributed by atoms with Gasteiger partial charge in [-0.05, 0) is 42.7 Å². The average molecular weight is 502 g/mol. The number of sulfonamides is 1. The van der Waals surface area contributed by atoms with Gasteiger partial charge in [0.1, 0.15) is 5.52 Å². The van der Waals surface area contributed by atoms with E-state index in [1.54, 1.807) is 25.2 Å². The number of hydrogen-bond acceptors (Lipinski definition) is 4. The molecule has 4 rings (SSSR count). The minimum Gasteiger partial charge on any atom is -0.310 e. The van der Waals surface area contributed by atoms with E-state index < -0.39 is 10.0 Å². The smallest absolute Gasteiger partial charge is 0.211 e. The van der Waals surface area contributed by atoms with Gasteiger partial charge in [-0.3, -0.25) is 0 Å². The molecule has 1 aromatic heterocycles. The number of aromatic nitrogens is 2. The second-order valence-corrected chi connectivity index (χ2v) is 11.0. The molecule has 0 spiro atoms. The van der Waals surface area contributed by atoms with Crippen molar-refractivity contribution in [2.45, 2.75) is 32.4 Å². The van der Waals surface area contributed by atoms with Crippen LogP contribution in [0.5, 0.6) is 0 Å². The largest absolute Gasteiger partial charge is 0.310 e. The van der Waals surface area contributed by atoms with Crippen molar-refractivity contribution < 1.29 is 8.42 Å². The second-order valence-electron chi connectivity index (χ2n) is 7.70. The van der Waals surface area contributed by atoms with Gasteiger partial charge < -0.3 is 9.47 Å². The first-order chi connectivity index (χ1) is 14.6. The Morgan fingerprint density at radius 2 is 1.87 bits per heavy atom. The highest BCUT2D eigenvalue weighted by Gasteiger charge is 2.30. The lowest BCUT2D eigenvalue weighted by Gasteiger charge is -2.31. The fourth-order valence-electron chi connectivity index (χ4n) is 4.23. The summed E-state index contributed by atoms with van der Waals surface area (Å²) in [7, 11) is -1.77. The van der Waals surface area contributed by atoms with Crippen LogP contribution < -0.4 is 4.90 Å². The van der Waals surface area contributed by atoms with E-state index in [1.807, 2.05) is 19.1 Å². The average Bonchev–Trinajstić information content (AvgIpc) is 3.10. The van der Waals surface area contributed by atoms with Crippen LogP contribution in [-0.2, 0) is 16.6 Å². The Hall–Kier alpha value is -1.51. The van der Waals surface area contributed by atoms with Gasteiger partial charge in [0.25, 0.3) is 0 Å². The number of nitrogens with zero attached hydrogens (tertiary/aromatic N) is 4. The number of anilines is 2. The fourth-order valence-corrected chi connectivity index (χ4v) is 5.66. The molecule has 2 heterocycles. The fraction of sp³-hybridized carbons (Fsp3) is 0.381. The summed E-state index contributed by atoms with van der Waals surface area (Å²) in [6.45, 7) is 3.47. The Morgan fingerprint density at radius 3 is 2.52 bits per heavy atom. The number of aryl methyl sites for hydroxylation is 1. The standard InChI is InChI=1S/C21H23Cl3N4O2S/c1-4-17(26(2)31(3,29)30)14-7-8-15(23)19-20(14)28-11-5-10-27(21(28)25-19)18-9-6-13(22)12-16(18)24/h6-9,12,17H,4-5,10-11H2,1-3H3. The maximum Gasteiger partial charge on any atom is 0.211 e. The van der Waals surface area contributed by atoms with Gasteiger partial charge in [-0.1, -0.05) is 47.8 Å². The summed E-state index contributed by atoms with van der Waals surface area (Å²) in [5, 5.41) is 1.64. The first kappa shape index (κ1) is 22.7. The maximum atomic E-state index is 12.3. The number of benzene rings is 2. The van der Waals surface area contributed by atoms with Gasteiger partial charge in [0, 0.05) is 25.2 Å². The number of rotatable bonds is 5. The quantitative estimate of drug-likeness (QED) is 0.438. The van der Waals surface area contributed by atoms with E-state index in [0.29, 0.717) is 27.0 Å². The van der Waals surface area contributed by atoms with E-state index >= 15 is 0 Å². The van der Waals surface area contributed by atoms with Crippen molar-refractivity contribution in [3.63, 3.8) is 0 Å². The molecule has 6 nitrogen and oxygen atoms in total. The molecule has 0 saturated carbocycles. The van der Waals surface area contributed by atoms with Crippen LogP contribution in [0.4, 0.5) is 11.6 Å². The van der Waals surface area contributed by atoms with Crippen LogP contribution in [0.3, 0.4) is 0 Å². The van der Waals surface area contributed by atoms with Crippen LogP contribution in [-0.4, -0.2) is 42.1 Å². The number of fused-ring (bicyclic) bond motifs is 3. The lowest BCUT2D eigenvalue weighted by Crippen LogP contribution is -2.31. The summed E-state index contributed by atoms with van der Waals surface area (Å²) in [5.41, 5.74) is 3.23. The normalized spacial score (nSPS) is 15.5. The van der Waals surface area contributed by atoms with Crippen molar-refractivity contribution in [2.75, 3.05) is 24.7 Å². The number of halogens is 3. The van der Waals surface area contributed by atoms with Crippen molar-refractivity contribution in [3.05, 3.63) is 51.0 Å². The van der Waals surface area contributed by atoms with Crippen molar-refractivity contribution in [1.29, 1.82) is 0 Å². The Labute approximate surface area is 197 Å². The third kappa shape index (κ3) is 4.02. The van der Waals surface area contributed by atoms with E-state index in [4.69, 9.17) is 39.8 Å². The number of imidazole rings is 1. The summed E-state index contributed by atoms with van der Waals surface area (Å²) < 4.78 is 28.1. The van der Waals surface area contributed by atoms with Crippen LogP contribution in [0.25, 0.3) is 11.0 Å². The molecule has 10 heteroatoms. The Balaban J connectivity index is 1.94. The highest BCUT2D eigenvalue weighted by Crippen LogP contribution is 2.41. The molecule has 3 aromatic rings. The molecule has 0 fully saturated rings. The first-order valence-electron chi connectivity index (χ1n) is 9.97. The highest BCUT2D eigenvalue weighted by atomic mass is 35.5.